The number of aliphatic hydroxyl groups excluding tert-OH is 1. The molecule has 259 valence electrons. The summed E-state index contributed by atoms with van der Waals surface area (Å²) in [7, 11) is 0. The van der Waals surface area contributed by atoms with Crippen LogP contribution in [0.25, 0.3) is 55.1 Å². The van der Waals surface area contributed by atoms with Crippen LogP contribution in [0.5, 0.6) is 0 Å². The molecule has 50 heavy (non-hydrogen) atoms. The van der Waals surface area contributed by atoms with Gasteiger partial charge in [-0.1, -0.05) is 100 Å². The van der Waals surface area contributed by atoms with Crippen molar-refractivity contribution in [2.24, 2.45) is 11.8 Å². The molecule has 1 heterocycles. The average Bonchev–Trinajstić information content (AvgIpc) is 3.13. The molecular weight excluding hydrogens is 791 g/mol. The molecule has 1 radical (unpaired) electrons. The van der Waals surface area contributed by atoms with Crippen molar-refractivity contribution >= 4 is 27.3 Å². The first-order valence-corrected chi connectivity index (χ1v) is 17.7. The fourth-order valence-electron chi connectivity index (χ4n) is 6.86. The normalized spacial score (nSPS) is 11.4. The van der Waals surface area contributed by atoms with Crippen LogP contribution in [0.3, 0.4) is 0 Å². The molecule has 0 spiro atoms. The Balaban J connectivity index is 0.000000301. The number of nitrogens with zero attached hydrogens (tertiary/aromatic N) is 1. The van der Waals surface area contributed by atoms with Crippen LogP contribution in [0.4, 0.5) is 0 Å². The van der Waals surface area contributed by atoms with E-state index in [0.717, 1.165) is 36.9 Å². The van der Waals surface area contributed by atoms with E-state index in [0.29, 0.717) is 0 Å². The number of benzene rings is 5. The van der Waals surface area contributed by atoms with Crippen LogP contribution in [-0.4, -0.2) is 15.9 Å². The van der Waals surface area contributed by atoms with E-state index in [1.54, 1.807) is 0 Å². The first-order valence-electron chi connectivity index (χ1n) is 17.7. The van der Waals surface area contributed by atoms with Gasteiger partial charge in [-0.2, -0.15) is 0 Å². The molecule has 3 nitrogen and oxygen atoms in total. The maximum absolute atomic E-state index is 11.7. The summed E-state index contributed by atoms with van der Waals surface area (Å²) in [5.74, 6) is 0.547. The molecule has 1 N–H and O–H groups in total. The van der Waals surface area contributed by atoms with Gasteiger partial charge in [0.25, 0.3) is 0 Å². The molecular formula is C46H48IrNO2-. The van der Waals surface area contributed by atoms with Gasteiger partial charge in [-0.3, -0.25) is 4.79 Å². The van der Waals surface area contributed by atoms with Crippen LogP contribution in [-0.2, 0) is 24.9 Å². The third-order valence-corrected chi connectivity index (χ3v) is 9.77. The van der Waals surface area contributed by atoms with Gasteiger partial charge in [0.2, 0.25) is 0 Å². The Morgan fingerprint density at radius 3 is 2.00 bits per heavy atom. The Morgan fingerprint density at radius 2 is 1.34 bits per heavy atom. The van der Waals surface area contributed by atoms with E-state index in [4.69, 9.17) is 4.98 Å². The van der Waals surface area contributed by atoms with Crippen LogP contribution in [0.2, 0.25) is 0 Å². The Hall–Kier alpha value is -4.37. The molecule has 0 fully saturated rings. The summed E-state index contributed by atoms with van der Waals surface area (Å²) in [6, 6.07) is 40.1. The Kier molecular flexibility index (Phi) is 13.9. The molecule has 0 aliphatic rings. The Labute approximate surface area is 311 Å². The standard InChI is InChI=1S/C33H24N.C13H24O2.Ir/c1-22-9-7-10-23(2)33(22)27-17-18-34-32(21-27)26-13-8-12-24(19-26)31-20-25-11-3-4-14-28(25)29-15-5-6-16-30(29)31;1-5-10(6-2)12(14)9-13(15)11(7-3)8-4;/h3-12,14-21H,1-2H3;9-11,14H,5-8H2,1-4H3;/q-1;;/b;12-9-;. The van der Waals surface area contributed by atoms with Gasteiger partial charge in [0, 0.05) is 44.2 Å². The number of aromatic nitrogens is 1. The van der Waals surface area contributed by atoms with Crippen molar-refractivity contribution in [2.75, 3.05) is 0 Å². The predicted octanol–water partition coefficient (Wildman–Crippen LogP) is 12.7. The number of ketones is 1. The summed E-state index contributed by atoms with van der Waals surface area (Å²) in [5, 5.41) is 14.8. The first kappa shape index (κ1) is 38.4. The zero-order valence-corrected chi connectivity index (χ0v) is 32.5. The molecule has 0 bridgehead atoms. The fourth-order valence-corrected chi connectivity index (χ4v) is 6.86. The number of pyridine rings is 1. The largest absolute Gasteiger partial charge is 0.512 e. The molecule has 0 unspecified atom stereocenters. The smallest absolute Gasteiger partial charge is 0.162 e. The van der Waals surface area contributed by atoms with E-state index < -0.39 is 0 Å². The van der Waals surface area contributed by atoms with Crippen molar-refractivity contribution in [2.45, 2.75) is 67.2 Å². The van der Waals surface area contributed by atoms with Gasteiger partial charge in [-0.05, 0) is 107 Å². The molecule has 0 aliphatic heterocycles. The second-order valence-corrected chi connectivity index (χ2v) is 12.9. The SMILES string of the molecule is CCC(CC)C(=O)/C=C(\O)C(CC)CC.Cc1cccc(C)c1-c1ccnc(-c2[c-]ccc(-c3cc4ccccc4c4ccccc34)c2)c1.[Ir]. The number of aliphatic hydroxyl groups is 1. The van der Waals surface area contributed by atoms with Crippen molar-refractivity contribution in [1.82, 2.24) is 4.98 Å². The third-order valence-electron chi connectivity index (χ3n) is 9.77. The second-order valence-electron chi connectivity index (χ2n) is 12.9. The monoisotopic (exact) mass is 839 g/mol. The number of carbonyl (C=O) groups is 1. The van der Waals surface area contributed by atoms with Gasteiger partial charge >= 0.3 is 0 Å². The Morgan fingerprint density at radius 1 is 0.720 bits per heavy atom. The van der Waals surface area contributed by atoms with Crippen LogP contribution in [0.1, 0.15) is 64.5 Å². The molecule has 0 aliphatic carbocycles. The minimum atomic E-state index is 0. The van der Waals surface area contributed by atoms with Crippen molar-refractivity contribution < 1.29 is 30.0 Å². The van der Waals surface area contributed by atoms with Crippen molar-refractivity contribution in [3.63, 3.8) is 0 Å². The summed E-state index contributed by atoms with van der Waals surface area (Å²) in [4.78, 5) is 16.4. The second kappa shape index (κ2) is 18.0. The minimum Gasteiger partial charge on any atom is -0.512 e. The number of fused-ring (bicyclic) bond motifs is 3. The zero-order chi connectivity index (χ0) is 34.9. The van der Waals surface area contributed by atoms with E-state index in [-0.39, 0.29) is 43.5 Å². The molecule has 4 heteroatoms. The van der Waals surface area contributed by atoms with E-state index in [1.165, 1.54) is 61.0 Å². The fraction of sp³-hybridized carbons (Fsp3) is 0.261. The molecule has 0 amide bonds. The number of rotatable bonds is 10. The number of hydrogen-bond acceptors (Lipinski definition) is 3. The van der Waals surface area contributed by atoms with Crippen molar-refractivity contribution in [1.29, 1.82) is 0 Å². The number of allylic oxidation sites excluding steroid dienone is 2. The summed E-state index contributed by atoms with van der Waals surface area (Å²) in [6.07, 6.45) is 6.81. The molecule has 0 saturated heterocycles. The maximum atomic E-state index is 11.7. The first-order chi connectivity index (χ1) is 23.8. The van der Waals surface area contributed by atoms with Crippen LogP contribution < -0.4 is 0 Å². The van der Waals surface area contributed by atoms with Gasteiger partial charge < -0.3 is 10.1 Å². The molecule has 5 aromatic carbocycles. The number of aryl methyl sites for hydroxylation is 2. The van der Waals surface area contributed by atoms with Crippen LogP contribution >= 0.6 is 0 Å². The molecule has 6 aromatic rings. The predicted molar refractivity (Wildman–Crippen MR) is 208 cm³/mol. The van der Waals surface area contributed by atoms with E-state index in [2.05, 4.69) is 117 Å². The van der Waals surface area contributed by atoms with Crippen LogP contribution in [0.15, 0.2) is 121 Å². The topological polar surface area (TPSA) is 50.2 Å². The molecule has 0 saturated carbocycles. The quantitative estimate of drug-likeness (QED) is 0.0647. The molecule has 0 atom stereocenters. The van der Waals surface area contributed by atoms with Crippen LogP contribution in [0, 0.1) is 31.7 Å². The van der Waals surface area contributed by atoms with E-state index >= 15 is 0 Å². The summed E-state index contributed by atoms with van der Waals surface area (Å²) in [5.41, 5.74) is 9.37. The summed E-state index contributed by atoms with van der Waals surface area (Å²) >= 11 is 0. The average molecular weight is 839 g/mol. The minimum absolute atomic E-state index is 0. The van der Waals surface area contributed by atoms with Crippen molar-refractivity contribution in [3.8, 4) is 33.5 Å². The molecule has 1 aromatic heterocycles. The van der Waals surface area contributed by atoms with Gasteiger partial charge in [-0.25, -0.2) is 0 Å². The van der Waals surface area contributed by atoms with Crippen molar-refractivity contribution in [3.05, 3.63) is 138 Å². The Bertz CT molecular complexity index is 2070. The third kappa shape index (κ3) is 8.67. The van der Waals surface area contributed by atoms with Gasteiger partial charge in [0.15, 0.2) is 5.78 Å². The molecule has 6 rings (SSSR count). The summed E-state index contributed by atoms with van der Waals surface area (Å²) in [6.45, 7) is 12.4. The zero-order valence-electron chi connectivity index (χ0n) is 30.1. The maximum Gasteiger partial charge on any atom is 0.162 e. The van der Waals surface area contributed by atoms with Gasteiger partial charge in [-0.15, -0.1) is 35.4 Å². The van der Waals surface area contributed by atoms with Gasteiger partial charge in [0.05, 0.1) is 5.76 Å². The summed E-state index contributed by atoms with van der Waals surface area (Å²) < 4.78 is 0. The van der Waals surface area contributed by atoms with E-state index in [9.17, 15) is 9.90 Å². The van der Waals surface area contributed by atoms with E-state index in [1.807, 2.05) is 40.0 Å². The van der Waals surface area contributed by atoms with Gasteiger partial charge in [0.1, 0.15) is 0 Å². The number of hydrogen-bond donors (Lipinski definition) is 1. The number of carbonyl (C=O) groups excluding carboxylic acids is 1.